The zero-order chi connectivity index (χ0) is 46.8. The topological polar surface area (TPSA) is 186 Å². The van der Waals surface area contributed by atoms with Crippen molar-refractivity contribution in [3.8, 4) is 5.75 Å². The van der Waals surface area contributed by atoms with E-state index in [1.165, 1.54) is 12.3 Å². The molecule has 5 saturated heterocycles. The van der Waals surface area contributed by atoms with Gasteiger partial charge in [-0.25, -0.2) is 17.8 Å². The number of hydrogen-bond donors (Lipinski definition) is 3. The molecule has 3 aromatic carbocycles. The van der Waals surface area contributed by atoms with Gasteiger partial charge < -0.3 is 25.2 Å². The number of piperidine rings is 3. The number of para-hydroxylation sites is 1. The molecule has 3 atom stereocenters. The monoisotopic (exact) mass is 941 g/mol. The lowest BCUT2D eigenvalue weighted by atomic mass is 9.85. The molecule has 5 fully saturated rings. The fourth-order valence-electron chi connectivity index (χ4n) is 9.94. The first-order valence-electron chi connectivity index (χ1n) is 22.5. The summed E-state index contributed by atoms with van der Waals surface area (Å²) in [5, 5.41) is 8.21. The maximum Gasteiger partial charge on any atom is 0.262 e. The number of anilines is 6. The summed E-state index contributed by atoms with van der Waals surface area (Å²) in [6.07, 6.45) is 4.27. The number of nitrogens with zero attached hydrogens (tertiary/aromatic N) is 6. The van der Waals surface area contributed by atoms with Gasteiger partial charge in [0.25, 0.3) is 11.8 Å². The van der Waals surface area contributed by atoms with Gasteiger partial charge in [-0.15, -0.1) is 0 Å². The van der Waals surface area contributed by atoms with E-state index >= 15 is 4.39 Å². The second-order valence-electron chi connectivity index (χ2n) is 18.4. The van der Waals surface area contributed by atoms with Crippen LogP contribution in [0.1, 0.15) is 86.1 Å². The maximum absolute atomic E-state index is 15.8. The largest absolute Gasteiger partial charge is 0.489 e. The first kappa shape index (κ1) is 45.3. The van der Waals surface area contributed by atoms with Crippen LogP contribution in [0, 0.1) is 18.7 Å². The van der Waals surface area contributed by atoms with Crippen molar-refractivity contribution in [1.29, 1.82) is 0 Å². The van der Waals surface area contributed by atoms with Crippen LogP contribution < -0.4 is 30.5 Å². The van der Waals surface area contributed by atoms with Crippen LogP contribution in [-0.4, -0.2) is 114 Å². The first-order chi connectivity index (χ1) is 31.5. The van der Waals surface area contributed by atoms with E-state index < -0.39 is 50.6 Å². The summed E-state index contributed by atoms with van der Waals surface area (Å²) in [5.74, 6) is -1.50. The molecular formula is C47H53ClFN9O7S. The molecule has 4 aromatic rings. The normalized spacial score (nSPS) is 21.3. The second-order valence-corrected chi connectivity index (χ2v) is 21.3. The van der Waals surface area contributed by atoms with Gasteiger partial charge in [0.15, 0.2) is 15.7 Å². The van der Waals surface area contributed by atoms with Crippen molar-refractivity contribution in [2.45, 2.75) is 101 Å². The van der Waals surface area contributed by atoms with Crippen LogP contribution in [0.2, 0.25) is 5.02 Å². The van der Waals surface area contributed by atoms with E-state index in [0.717, 1.165) is 74.2 Å². The Hall–Kier alpha value is -5.85. The molecule has 0 aliphatic carbocycles. The third-order valence-corrected chi connectivity index (χ3v) is 15.7. The smallest absolute Gasteiger partial charge is 0.262 e. The Morgan fingerprint density at radius 3 is 2.29 bits per heavy atom. The van der Waals surface area contributed by atoms with E-state index in [-0.39, 0.29) is 63.8 Å². The molecule has 4 amide bonds. The lowest BCUT2D eigenvalue weighted by molar-refractivity contribution is -0.136. The van der Waals surface area contributed by atoms with Crippen LogP contribution in [0.15, 0.2) is 59.6 Å². The van der Waals surface area contributed by atoms with E-state index in [1.807, 2.05) is 24.8 Å². The molecule has 348 valence electrons. The SMILES string of the molecule is Cc1cc(Nc2ncc(Cl)c(Nc3ccccc3S(=O)(=O)C(C)C)n2)c(OC(C)C)cc1N1CCC(CN2CC3CC(C2)N3c2cc3c(cc2F)C(=O)N(C2CCC(=O)NC2=O)C3=O)CC1. The molecule has 19 heteroatoms. The van der Waals surface area contributed by atoms with Gasteiger partial charge in [-0.3, -0.25) is 34.3 Å². The summed E-state index contributed by atoms with van der Waals surface area (Å²) in [6.45, 7) is 13.4. The standard InChI is InChI=1S/C47H53ClFN9O7S/c1-25(2)65-40-20-38(27(5)16-36(40)52-47-50-21-33(48)43(54-47)51-35-8-6-7-9-41(35)66(63,64)26(3)4)56-14-12-28(13-15-56)22-55-23-29-17-30(24-55)57(29)39-19-32-31(18-34(39)49)45(61)58(46(32)62)37-10-11-42(59)53-44(37)60/h6-9,16,18-21,25-26,28-30,37H,10-15,17,22-24H2,1-5H3,(H,53,59,60)(H2,50,51,52,54). The molecule has 6 aliphatic rings. The summed E-state index contributed by atoms with van der Waals surface area (Å²) in [4.78, 5) is 67.9. The van der Waals surface area contributed by atoms with Gasteiger partial charge in [-0.1, -0.05) is 23.7 Å². The lowest BCUT2D eigenvalue weighted by Crippen LogP contribution is -2.69. The minimum atomic E-state index is -3.60. The molecule has 7 heterocycles. The quantitative estimate of drug-likeness (QED) is 0.122. The Morgan fingerprint density at radius 1 is 0.909 bits per heavy atom. The molecule has 16 nitrogen and oxygen atoms in total. The molecule has 10 rings (SSSR count). The summed E-state index contributed by atoms with van der Waals surface area (Å²) < 4.78 is 48.3. The predicted molar refractivity (Wildman–Crippen MR) is 248 cm³/mol. The van der Waals surface area contributed by atoms with Crippen molar-refractivity contribution in [3.05, 3.63) is 82.3 Å². The third kappa shape index (κ3) is 8.54. The molecular weight excluding hydrogens is 889 g/mol. The Labute approximate surface area is 388 Å². The zero-order valence-corrected chi connectivity index (χ0v) is 39.0. The number of benzene rings is 3. The molecule has 3 unspecified atom stereocenters. The van der Waals surface area contributed by atoms with E-state index in [9.17, 15) is 27.6 Å². The van der Waals surface area contributed by atoms with Gasteiger partial charge in [-0.2, -0.15) is 4.98 Å². The van der Waals surface area contributed by atoms with Crippen molar-refractivity contribution >= 4 is 79.6 Å². The molecule has 1 aromatic heterocycles. The highest BCUT2D eigenvalue weighted by atomic mass is 35.5. The number of sulfone groups is 1. The van der Waals surface area contributed by atoms with Gasteiger partial charge in [-0.05, 0) is 102 Å². The number of halogens is 2. The minimum absolute atomic E-state index is 0.0109. The van der Waals surface area contributed by atoms with Gasteiger partial charge in [0.2, 0.25) is 17.8 Å². The van der Waals surface area contributed by atoms with Gasteiger partial charge in [0.1, 0.15) is 22.6 Å². The van der Waals surface area contributed by atoms with Crippen molar-refractivity contribution in [3.63, 3.8) is 0 Å². The number of aromatic nitrogens is 2. The average molecular weight is 943 g/mol. The minimum Gasteiger partial charge on any atom is -0.489 e. The van der Waals surface area contributed by atoms with Crippen molar-refractivity contribution in [2.75, 3.05) is 53.2 Å². The summed E-state index contributed by atoms with van der Waals surface area (Å²) >= 11 is 6.52. The number of nitrogens with one attached hydrogen (secondary N) is 3. The zero-order valence-electron chi connectivity index (χ0n) is 37.4. The van der Waals surface area contributed by atoms with E-state index in [1.54, 1.807) is 38.1 Å². The van der Waals surface area contributed by atoms with Crippen molar-refractivity contribution < 1.29 is 36.7 Å². The first-order valence-corrected chi connectivity index (χ1v) is 24.4. The van der Waals surface area contributed by atoms with Crippen LogP contribution in [-0.2, 0) is 19.4 Å². The van der Waals surface area contributed by atoms with Gasteiger partial charge >= 0.3 is 0 Å². The number of imide groups is 2. The highest BCUT2D eigenvalue weighted by molar-refractivity contribution is 7.92. The molecule has 0 spiro atoms. The highest BCUT2D eigenvalue weighted by Crippen LogP contribution is 2.43. The number of carbonyl (C=O) groups excluding carboxylic acids is 4. The number of piperazine rings is 1. The van der Waals surface area contributed by atoms with Crippen LogP contribution in [0.5, 0.6) is 5.75 Å². The number of hydrogen-bond acceptors (Lipinski definition) is 14. The Balaban J connectivity index is 0.828. The molecule has 0 radical (unpaired) electrons. The molecule has 3 N–H and O–H groups in total. The Bertz CT molecular complexity index is 2740. The second kappa shape index (κ2) is 17.8. The third-order valence-electron chi connectivity index (χ3n) is 13.2. The molecule has 66 heavy (non-hydrogen) atoms. The van der Waals surface area contributed by atoms with E-state index in [2.05, 4.69) is 48.7 Å². The summed E-state index contributed by atoms with van der Waals surface area (Å²) in [5.41, 5.74) is 3.46. The number of carbonyl (C=O) groups is 4. The summed E-state index contributed by atoms with van der Waals surface area (Å²) in [6, 6.07) is 12.3. The Kier molecular flexibility index (Phi) is 12.2. The fourth-order valence-corrected chi connectivity index (χ4v) is 11.3. The van der Waals surface area contributed by atoms with Crippen molar-refractivity contribution in [1.82, 2.24) is 25.1 Å². The molecule has 6 aliphatic heterocycles. The lowest BCUT2D eigenvalue weighted by Gasteiger charge is -2.58. The van der Waals surface area contributed by atoms with Crippen LogP contribution in [0.3, 0.4) is 0 Å². The van der Waals surface area contributed by atoms with Crippen LogP contribution in [0.4, 0.5) is 38.9 Å². The molecule has 0 saturated carbocycles. The number of fused-ring (bicyclic) bond motifs is 3. The van der Waals surface area contributed by atoms with Crippen molar-refractivity contribution in [2.24, 2.45) is 5.92 Å². The van der Waals surface area contributed by atoms with E-state index in [4.69, 9.17) is 16.3 Å². The predicted octanol–water partition coefficient (Wildman–Crippen LogP) is 6.61. The number of rotatable bonds is 13. The van der Waals surface area contributed by atoms with Gasteiger partial charge in [0.05, 0.1) is 50.6 Å². The number of aryl methyl sites for hydroxylation is 1. The Morgan fingerprint density at radius 2 is 1.61 bits per heavy atom. The number of amides is 4. The summed E-state index contributed by atoms with van der Waals surface area (Å²) in [7, 11) is -3.60. The fraction of sp³-hybridized carbons (Fsp3) is 0.447. The van der Waals surface area contributed by atoms with Crippen LogP contribution >= 0.6 is 11.6 Å². The maximum atomic E-state index is 15.8. The number of ether oxygens (including phenoxy) is 1. The van der Waals surface area contributed by atoms with Crippen LogP contribution in [0.25, 0.3) is 0 Å². The highest BCUT2D eigenvalue weighted by Gasteiger charge is 2.49. The average Bonchev–Trinajstić information content (AvgIpc) is 3.50. The van der Waals surface area contributed by atoms with Gasteiger partial charge in [0, 0.05) is 63.0 Å². The molecule has 2 bridgehead atoms. The van der Waals surface area contributed by atoms with E-state index in [0.29, 0.717) is 28.7 Å².